The van der Waals surface area contributed by atoms with E-state index in [1.165, 1.54) is 36.4 Å². The molecule has 3 aromatic carbocycles. The van der Waals surface area contributed by atoms with Crippen molar-refractivity contribution in [3.63, 3.8) is 0 Å². The number of halogens is 3. The summed E-state index contributed by atoms with van der Waals surface area (Å²) in [7, 11) is -4.18. The van der Waals surface area contributed by atoms with Crippen molar-refractivity contribution in [2.24, 2.45) is 0 Å². The maximum atomic E-state index is 14.0. The number of nitrogens with one attached hydrogen (secondary N) is 2. The van der Waals surface area contributed by atoms with Gasteiger partial charge in [-0.3, -0.25) is 10.1 Å². The number of hydrogen-bond donors (Lipinski definition) is 2. The number of amides is 1. The molecule has 3 aromatic rings. The quantitative estimate of drug-likeness (QED) is 0.485. The lowest BCUT2D eigenvalue weighted by Crippen LogP contribution is -2.54. The summed E-state index contributed by atoms with van der Waals surface area (Å²) in [6.07, 6.45) is -4.11. The van der Waals surface area contributed by atoms with Crippen LogP contribution in [0.2, 0.25) is 0 Å². The lowest BCUT2D eigenvalue weighted by molar-refractivity contribution is -0.160. The van der Waals surface area contributed by atoms with E-state index in [4.69, 9.17) is 0 Å². The highest BCUT2D eigenvalue weighted by atomic mass is 32.2. The minimum Gasteiger partial charge on any atom is -0.336 e. The van der Waals surface area contributed by atoms with Crippen molar-refractivity contribution in [1.82, 2.24) is 10.6 Å². The monoisotopic (exact) mass is 501 g/mol. The second-order valence-electron chi connectivity index (χ2n) is 8.58. The molecule has 35 heavy (non-hydrogen) atoms. The molecule has 6 nitrogen and oxygen atoms in total. The summed E-state index contributed by atoms with van der Waals surface area (Å²) in [5.41, 5.74) is -1.34. The van der Waals surface area contributed by atoms with Gasteiger partial charge in [-0.05, 0) is 41.3 Å². The van der Waals surface area contributed by atoms with Crippen molar-refractivity contribution in [2.45, 2.75) is 41.5 Å². The Kier molecular flexibility index (Phi) is 6.58. The van der Waals surface area contributed by atoms with Crippen LogP contribution in [0.1, 0.15) is 24.4 Å². The molecular formula is C25H22F3N3O3S. The summed E-state index contributed by atoms with van der Waals surface area (Å²) < 4.78 is 68.4. The number of alkyl halides is 3. The van der Waals surface area contributed by atoms with Gasteiger partial charge in [0.1, 0.15) is 17.6 Å². The molecule has 1 aliphatic carbocycles. The number of benzene rings is 3. The van der Waals surface area contributed by atoms with E-state index in [0.29, 0.717) is 18.2 Å². The van der Waals surface area contributed by atoms with E-state index in [-0.39, 0.29) is 10.5 Å². The number of fused-ring (bicyclic) bond motifs is 1. The van der Waals surface area contributed by atoms with Crippen LogP contribution in [0.3, 0.4) is 0 Å². The average Bonchev–Trinajstić information content (AvgIpc) is 3.60. The topological polar surface area (TPSA) is 99.1 Å². The molecule has 1 saturated carbocycles. The van der Waals surface area contributed by atoms with Gasteiger partial charge in [-0.15, -0.1) is 0 Å². The summed E-state index contributed by atoms with van der Waals surface area (Å²) >= 11 is 0. The van der Waals surface area contributed by atoms with Crippen molar-refractivity contribution >= 4 is 26.5 Å². The van der Waals surface area contributed by atoms with Gasteiger partial charge >= 0.3 is 6.18 Å². The first kappa shape index (κ1) is 24.7. The molecule has 4 rings (SSSR count). The van der Waals surface area contributed by atoms with Crippen LogP contribution in [0.5, 0.6) is 0 Å². The Morgan fingerprint density at radius 1 is 1.00 bits per heavy atom. The van der Waals surface area contributed by atoms with E-state index >= 15 is 0 Å². The van der Waals surface area contributed by atoms with Crippen LogP contribution in [0.25, 0.3) is 10.8 Å². The molecule has 0 radical (unpaired) electrons. The summed E-state index contributed by atoms with van der Waals surface area (Å²) in [4.78, 5) is 12.9. The van der Waals surface area contributed by atoms with Crippen LogP contribution in [-0.4, -0.2) is 37.8 Å². The van der Waals surface area contributed by atoms with Crippen LogP contribution in [0.15, 0.2) is 77.7 Å². The molecule has 10 heteroatoms. The third-order valence-corrected chi connectivity index (χ3v) is 7.68. The Balaban J connectivity index is 1.68. The van der Waals surface area contributed by atoms with Gasteiger partial charge in [0, 0.05) is 0 Å². The van der Waals surface area contributed by atoms with E-state index in [1.807, 2.05) is 6.07 Å². The third kappa shape index (κ3) is 5.63. The molecule has 0 heterocycles. The smallest absolute Gasteiger partial charge is 0.336 e. The largest absolute Gasteiger partial charge is 0.407 e. The number of hydrogen-bond acceptors (Lipinski definition) is 5. The normalized spacial score (nSPS) is 16.7. The van der Waals surface area contributed by atoms with Crippen molar-refractivity contribution < 1.29 is 26.4 Å². The van der Waals surface area contributed by atoms with Gasteiger partial charge in [0.25, 0.3) is 0 Å². The van der Waals surface area contributed by atoms with Crippen LogP contribution in [-0.2, 0) is 14.6 Å². The highest BCUT2D eigenvalue weighted by Gasteiger charge is 2.48. The number of nitrogens with zero attached hydrogens (tertiary/aromatic N) is 1. The molecule has 2 unspecified atom stereocenters. The summed E-state index contributed by atoms with van der Waals surface area (Å²) in [5.74, 6) is -1.89. The minimum atomic E-state index is -4.81. The second kappa shape index (κ2) is 9.32. The van der Waals surface area contributed by atoms with Gasteiger partial charge in [-0.25, -0.2) is 8.42 Å². The van der Waals surface area contributed by atoms with Crippen molar-refractivity contribution in [1.29, 1.82) is 5.26 Å². The molecular weight excluding hydrogens is 479 g/mol. The Morgan fingerprint density at radius 3 is 2.23 bits per heavy atom. The Morgan fingerprint density at radius 2 is 1.63 bits per heavy atom. The van der Waals surface area contributed by atoms with E-state index in [9.17, 15) is 31.6 Å². The van der Waals surface area contributed by atoms with E-state index < -0.39 is 45.3 Å². The number of rotatable bonds is 8. The van der Waals surface area contributed by atoms with Crippen LogP contribution in [0.4, 0.5) is 13.2 Å². The predicted molar refractivity (Wildman–Crippen MR) is 124 cm³/mol. The van der Waals surface area contributed by atoms with E-state index in [1.54, 1.807) is 36.4 Å². The maximum Gasteiger partial charge on any atom is 0.407 e. The summed E-state index contributed by atoms with van der Waals surface area (Å²) in [5, 5.41) is 15.4. The number of sulfone groups is 1. The highest BCUT2D eigenvalue weighted by molar-refractivity contribution is 7.91. The van der Waals surface area contributed by atoms with Crippen LogP contribution >= 0.6 is 0 Å². The molecule has 2 atom stereocenters. The van der Waals surface area contributed by atoms with Crippen LogP contribution < -0.4 is 10.6 Å². The van der Waals surface area contributed by atoms with Gasteiger partial charge in [0.05, 0.1) is 16.7 Å². The summed E-state index contributed by atoms with van der Waals surface area (Å²) in [6, 6.07) is 16.2. The Labute approximate surface area is 200 Å². The van der Waals surface area contributed by atoms with E-state index in [0.717, 1.165) is 5.39 Å². The molecule has 182 valence electrons. The molecule has 1 fully saturated rings. The molecule has 0 aliphatic heterocycles. The van der Waals surface area contributed by atoms with Crippen LogP contribution in [0, 0.1) is 11.3 Å². The standard InChI is InChI=1S/C25H22F3N3O3S/c26-25(27,28)22(18-7-2-1-3-8-18)30-21(23(32)31-24(16-29)12-13-24)15-35(33,34)20-11-10-17-6-4-5-9-19(17)14-20/h1-11,14,21-22,30H,12-13,15H2,(H,31,32). The Bertz CT molecular complexity index is 1380. The van der Waals surface area contributed by atoms with Crippen molar-refractivity contribution in [3.05, 3.63) is 78.4 Å². The van der Waals surface area contributed by atoms with Crippen molar-refractivity contribution in [3.8, 4) is 6.07 Å². The fourth-order valence-corrected chi connectivity index (χ4v) is 5.28. The molecule has 1 aliphatic rings. The number of nitriles is 1. The Hall–Kier alpha value is -3.42. The molecule has 0 aromatic heterocycles. The SMILES string of the molecule is N#CC1(NC(=O)C(CS(=O)(=O)c2ccc3ccccc3c2)NC(c2ccccc2)C(F)(F)F)CC1. The number of carbonyl (C=O) groups is 1. The van der Waals surface area contributed by atoms with Gasteiger partial charge < -0.3 is 5.32 Å². The zero-order valence-electron chi connectivity index (χ0n) is 18.4. The van der Waals surface area contributed by atoms with Gasteiger partial charge in [-0.2, -0.15) is 18.4 Å². The van der Waals surface area contributed by atoms with Gasteiger partial charge in [0.15, 0.2) is 9.84 Å². The fraction of sp³-hybridized carbons (Fsp3) is 0.280. The maximum absolute atomic E-state index is 14.0. The van der Waals surface area contributed by atoms with Gasteiger partial charge in [0.2, 0.25) is 5.91 Å². The average molecular weight is 502 g/mol. The molecule has 1 amide bonds. The highest BCUT2D eigenvalue weighted by Crippen LogP contribution is 2.36. The molecule has 0 saturated heterocycles. The fourth-order valence-electron chi connectivity index (χ4n) is 3.82. The first-order valence-electron chi connectivity index (χ1n) is 10.9. The van der Waals surface area contributed by atoms with Crippen molar-refractivity contribution in [2.75, 3.05) is 5.75 Å². The second-order valence-corrected chi connectivity index (χ2v) is 10.6. The third-order valence-electron chi connectivity index (χ3n) is 5.94. The summed E-state index contributed by atoms with van der Waals surface area (Å²) in [6.45, 7) is 0. The zero-order valence-corrected chi connectivity index (χ0v) is 19.2. The molecule has 0 spiro atoms. The van der Waals surface area contributed by atoms with Gasteiger partial charge in [-0.1, -0.05) is 60.7 Å². The lowest BCUT2D eigenvalue weighted by Gasteiger charge is -2.28. The first-order chi connectivity index (χ1) is 16.5. The first-order valence-corrected chi connectivity index (χ1v) is 12.5. The van der Waals surface area contributed by atoms with E-state index in [2.05, 4.69) is 10.6 Å². The molecule has 2 N–H and O–H groups in total. The minimum absolute atomic E-state index is 0.111. The number of carbonyl (C=O) groups excluding carboxylic acids is 1. The predicted octanol–water partition coefficient (Wildman–Crippen LogP) is 4.05. The lowest BCUT2D eigenvalue weighted by atomic mass is 10.1. The zero-order chi connectivity index (χ0) is 25.3. The molecule has 0 bridgehead atoms.